The van der Waals surface area contributed by atoms with Crippen molar-refractivity contribution in [3.63, 3.8) is 0 Å². The lowest BCUT2D eigenvalue weighted by Crippen LogP contribution is -2.28. The van der Waals surface area contributed by atoms with Gasteiger partial charge >= 0.3 is 0 Å². The van der Waals surface area contributed by atoms with Crippen LogP contribution in [0.1, 0.15) is 5.56 Å². The Bertz CT molecular complexity index is 2230. The molecule has 0 atom stereocenters. The maximum Gasteiger partial charge on any atom is 0.294 e. The van der Waals surface area contributed by atoms with Crippen LogP contribution in [0.4, 0.5) is 23.0 Å². The van der Waals surface area contributed by atoms with Crippen molar-refractivity contribution in [3.8, 4) is 17.0 Å². The van der Waals surface area contributed by atoms with E-state index in [2.05, 4.69) is 15.3 Å². The molecule has 0 unspecified atom stereocenters. The van der Waals surface area contributed by atoms with Crippen molar-refractivity contribution in [2.45, 2.75) is 11.8 Å². The van der Waals surface area contributed by atoms with Crippen molar-refractivity contribution in [1.29, 1.82) is 0 Å². The maximum absolute atomic E-state index is 13.9. The summed E-state index contributed by atoms with van der Waals surface area (Å²) in [5.74, 6) is 0.701. The lowest BCUT2D eigenvalue weighted by Gasteiger charge is -2.21. The molecule has 0 radical (unpaired) electrons. The summed E-state index contributed by atoms with van der Waals surface area (Å²) < 4.78 is 34.4. The first kappa shape index (κ1) is 31.5. The Kier molecular flexibility index (Phi) is 8.30. The van der Waals surface area contributed by atoms with Crippen LogP contribution in [0.25, 0.3) is 33.2 Å². The summed E-state index contributed by atoms with van der Waals surface area (Å²) in [7, 11) is 3.23. The Morgan fingerprint density at radius 3 is 2.47 bits per heavy atom. The summed E-state index contributed by atoms with van der Waals surface area (Å²) >= 11 is 0. The molecule has 47 heavy (non-hydrogen) atoms. The van der Waals surface area contributed by atoms with Crippen molar-refractivity contribution in [1.82, 2.24) is 23.8 Å². The first-order valence-electron chi connectivity index (χ1n) is 14.7. The summed E-state index contributed by atoms with van der Waals surface area (Å²) in [4.78, 5) is 28.4. The normalized spacial score (nSPS) is 11.8. The molecule has 6 rings (SSSR count). The van der Waals surface area contributed by atoms with E-state index in [9.17, 15) is 18.5 Å². The number of hydrogen-bond donors (Lipinski definition) is 2. The van der Waals surface area contributed by atoms with Gasteiger partial charge in [0.1, 0.15) is 11.4 Å². The molecule has 0 aliphatic rings. The van der Waals surface area contributed by atoms with E-state index in [1.807, 2.05) is 49.0 Å². The van der Waals surface area contributed by atoms with Gasteiger partial charge in [-0.3, -0.25) is 10.1 Å². The monoisotopic (exact) mass is 654 g/mol. The van der Waals surface area contributed by atoms with Gasteiger partial charge in [-0.05, 0) is 57.4 Å². The first-order chi connectivity index (χ1) is 22.5. The second-order valence-corrected chi connectivity index (χ2v) is 13.3. The summed E-state index contributed by atoms with van der Waals surface area (Å²) in [5, 5.41) is 16.5. The lowest BCUT2D eigenvalue weighted by molar-refractivity contribution is -0.384. The summed E-state index contributed by atoms with van der Waals surface area (Å²) in [6.07, 6.45) is 3.24. The zero-order valence-corrected chi connectivity index (χ0v) is 27.4. The zero-order chi connectivity index (χ0) is 33.5. The molecule has 242 valence electrons. The van der Waals surface area contributed by atoms with E-state index in [-0.39, 0.29) is 22.2 Å². The van der Waals surface area contributed by atoms with Crippen LogP contribution in [0.2, 0.25) is 0 Å². The number of aromatic amines is 1. The number of fused-ring (bicyclic) bond motifs is 2. The van der Waals surface area contributed by atoms with Crippen molar-refractivity contribution in [2.75, 3.05) is 51.6 Å². The third-order valence-corrected chi connectivity index (χ3v) is 9.64. The van der Waals surface area contributed by atoms with E-state index in [0.29, 0.717) is 40.3 Å². The highest BCUT2D eigenvalue weighted by Gasteiger charge is 2.25. The van der Waals surface area contributed by atoms with E-state index < -0.39 is 14.9 Å². The fraction of sp³-hybridized carbons (Fsp3) is 0.212. The average Bonchev–Trinajstić information content (AvgIpc) is 3.68. The zero-order valence-electron chi connectivity index (χ0n) is 26.6. The number of aryl methyl sites for hydroxylation is 1. The van der Waals surface area contributed by atoms with Crippen LogP contribution in [0.5, 0.6) is 5.75 Å². The molecule has 0 saturated carbocycles. The molecule has 2 N–H and O–H groups in total. The molecule has 0 fully saturated rings. The van der Waals surface area contributed by atoms with Gasteiger partial charge in [-0.25, -0.2) is 17.4 Å². The number of nitrogens with zero attached hydrogens (tertiary/aromatic N) is 6. The largest absolute Gasteiger partial charge is 0.495 e. The second-order valence-electron chi connectivity index (χ2n) is 11.5. The predicted octanol–water partition coefficient (Wildman–Crippen LogP) is 5.78. The standard InChI is InChI=1S/C33H34N8O5S/c1-21-9-12-23(13-10-21)47(44,45)40-16-15-25-30(26-20-34-31-24(26)7-6-8-29(31)46-5)36-33(37-32(25)40)35-22-11-14-27(28(19-22)41(42)43)39(4)18-17-38(2)3/h6-16,19-20,34H,17-18H2,1-5H3,(H,35,36,37). The number of aromatic nitrogens is 4. The maximum atomic E-state index is 13.9. The molecule has 0 saturated heterocycles. The molecule has 0 spiro atoms. The van der Waals surface area contributed by atoms with Crippen LogP contribution in [0.15, 0.2) is 84.0 Å². The van der Waals surface area contributed by atoms with E-state index >= 15 is 0 Å². The van der Waals surface area contributed by atoms with E-state index in [4.69, 9.17) is 9.72 Å². The number of likely N-dealkylation sites (N-methyl/N-ethyl adjacent to an activating group) is 2. The molecule has 0 aliphatic carbocycles. The smallest absolute Gasteiger partial charge is 0.294 e. The third kappa shape index (κ3) is 5.95. The third-order valence-electron chi connectivity index (χ3n) is 7.96. The van der Waals surface area contributed by atoms with Gasteiger partial charge in [0.2, 0.25) is 5.95 Å². The van der Waals surface area contributed by atoms with Crippen molar-refractivity contribution < 1.29 is 18.1 Å². The second kappa shape index (κ2) is 12.4. The molecule has 3 aromatic heterocycles. The number of nitrogens with one attached hydrogen (secondary N) is 2. The SMILES string of the molecule is COc1cccc2c(-c3nc(Nc4ccc(N(C)CCN(C)C)c([N+](=O)[O-])c4)nc4c3ccn4S(=O)(=O)c3ccc(C)cc3)c[nH]c12. The highest BCUT2D eigenvalue weighted by Crippen LogP contribution is 2.38. The first-order valence-corrected chi connectivity index (χ1v) is 16.2. The number of methoxy groups -OCH3 is 1. The Morgan fingerprint density at radius 1 is 1.00 bits per heavy atom. The van der Waals surface area contributed by atoms with Crippen LogP contribution in [-0.2, 0) is 10.0 Å². The van der Waals surface area contributed by atoms with E-state index in [1.54, 1.807) is 62.8 Å². The van der Waals surface area contributed by atoms with Gasteiger partial charge in [-0.15, -0.1) is 0 Å². The Balaban J connectivity index is 1.51. The number of hydrogen-bond acceptors (Lipinski definition) is 10. The lowest BCUT2D eigenvalue weighted by atomic mass is 10.1. The van der Waals surface area contributed by atoms with Gasteiger partial charge in [0, 0.05) is 60.6 Å². The molecule has 0 bridgehead atoms. The highest BCUT2D eigenvalue weighted by molar-refractivity contribution is 7.90. The minimum atomic E-state index is -4.04. The highest BCUT2D eigenvalue weighted by atomic mass is 32.2. The van der Waals surface area contributed by atoms with Crippen LogP contribution in [0.3, 0.4) is 0 Å². The number of rotatable bonds is 11. The van der Waals surface area contributed by atoms with Crippen molar-refractivity contribution >= 4 is 55.0 Å². The number of nitro benzene ring substituents is 1. The molecule has 0 amide bonds. The number of anilines is 3. The van der Waals surface area contributed by atoms with Crippen LogP contribution < -0.4 is 15.0 Å². The van der Waals surface area contributed by atoms with Gasteiger partial charge < -0.3 is 24.8 Å². The van der Waals surface area contributed by atoms with Crippen molar-refractivity contribution in [2.24, 2.45) is 0 Å². The van der Waals surface area contributed by atoms with E-state index in [1.165, 1.54) is 12.3 Å². The molecule has 0 aliphatic heterocycles. The number of benzene rings is 3. The summed E-state index contributed by atoms with van der Waals surface area (Å²) in [6, 6.07) is 18.7. The minimum absolute atomic E-state index is 0.0619. The predicted molar refractivity (Wildman–Crippen MR) is 183 cm³/mol. The molecular formula is C33H34N8O5S. The fourth-order valence-electron chi connectivity index (χ4n) is 5.43. The quantitative estimate of drug-likeness (QED) is 0.130. The number of H-pyrrole nitrogens is 1. The van der Waals surface area contributed by atoms with Crippen LogP contribution >= 0.6 is 0 Å². The van der Waals surface area contributed by atoms with Crippen LogP contribution in [0, 0.1) is 17.0 Å². The van der Waals surface area contributed by atoms with Gasteiger partial charge in [-0.1, -0.05) is 29.8 Å². The van der Waals surface area contributed by atoms with Gasteiger partial charge in [-0.2, -0.15) is 4.98 Å². The Hall–Kier alpha value is -5.47. The Morgan fingerprint density at radius 2 is 1.77 bits per heavy atom. The fourth-order valence-corrected chi connectivity index (χ4v) is 6.73. The number of para-hydroxylation sites is 1. The summed E-state index contributed by atoms with van der Waals surface area (Å²) in [5.41, 5.74) is 3.72. The molecular weight excluding hydrogens is 620 g/mol. The van der Waals surface area contributed by atoms with Crippen LogP contribution in [-0.4, -0.2) is 78.5 Å². The summed E-state index contributed by atoms with van der Waals surface area (Å²) in [6.45, 7) is 3.19. The van der Waals surface area contributed by atoms with E-state index in [0.717, 1.165) is 27.0 Å². The molecule has 3 heterocycles. The minimum Gasteiger partial charge on any atom is -0.495 e. The van der Waals surface area contributed by atoms with Crippen molar-refractivity contribution in [3.05, 3.63) is 94.8 Å². The molecule has 3 aromatic carbocycles. The average molecular weight is 655 g/mol. The Labute approximate surface area is 271 Å². The molecule has 13 nitrogen and oxygen atoms in total. The molecule has 14 heteroatoms. The molecule has 6 aromatic rings. The number of ether oxygens (including phenoxy) is 1. The van der Waals surface area contributed by atoms with Gasteiger partial charge in [0.25, 0.3) is 15.7 Å². The van der Waals surface area contributed by atoms with Gasteiger partial charge in [0.15, 0.2) is 5.65 Å². The van der Waals surface area contributed by atoms with Gasteiger partial charge in [0.05, 0.1) is 28.1 Å². The number of nitro groups is 1. The topological polar surface area (TPSA) is 152 Å².